The van der Waals surface area contributed by atoms with Crippen LogP contribution < -0.4 is 0 Å². The van der Waals surface area contributed by atoms with E-state index in [2.05, 4.69) is 18.7 Å². The molecule has 1 unspecified atom stereocenters. The first-order chi connectivity index (χ1) is 9.06. The van der Waals surface area contributed by atoms with E-state index in [0.29, 0.717) is 5.41 Å². The molecule has 1 fully saturated rings. The van der Waals surface area contributed by atoms with Crippen molar-refractivity contribution in [2.75, 3.05) is 13.1 Å². The van der Waals surface area contributed by atoms with Crippen molar-refractivity contribution >= 4 is 5.97 Å². The maximum absolute atomic E-state index is 11.6. The van der Waals surface area contributed by atoms with Crippen molar-refractivity contribution in [1.29, 1.82) is 0 Å². The molecule has 0 spiro atoms. The van der Waals surface area contributed by atoms with Crippen molar-refractivity contribution in [1.82, 2.24) is 4.90 Å². The average molecular weight is 261 g/mol. The maximum Gasteiger partial charge on any atom is 0.325 e. The molecule has 1 heterocycles. The van der Waals surface area contributed by atoms with Gasteiger partial charge in [-0.2, -0.15) is 0 Å². The number of carboxylic acids is 1. The van der Waals surface area contributed by atoms with Gasteiger partial charge in [0.1, 0.15) is 6.04 Å². The number of aliphatic carboxylic acids is 1. The first-order valence-corrected chi connectivity index (χ1v) is 7.07. The molecule has 2 rings (SSSR count). The highest BCUT2D eigenvalue weighted by atomic mass is 16.4. The topological polar surface area (TPSA) is 40.5 Å². The average Bonchev–Trinajstić information content (AvgIpc) is 2.42. The van der Waals surface area contributed by atoms with Gasteiger partial charge in [0.05, 0.1) is 0 Å². The number of benzene rings is 1. The zero-order valence-corrected chi connectivity index (χ0v) is 11.8. The number of carbonyl (C=O) groups is 1. The molecule has 1 aromatic rings. The molecule has 1 saturated heterocycles. The van der Waals surface area contributed by atoms with Gasteiger partial charge in [-0.25, -0.2) is 0 Å². The molecule has 19 heavy (non-hydrogen) atoms. The van der Waals surface area contributed by atoms with Crippen LogP contribution in [0.25, 0.3) is 0 Å². The number of hydrogen-bond donors (Lipinski definition) is 1. The van der Waals surface area contributed by atoms with Crippen LogP contribution in [0.1, 0.15) is 44.7 Å². The highest BCUT2D eigenvalue weighted by Gasteiger charge is 2.34. The quantitative estimate of drug-likeness (QED) is 0.903. The van der Waals surface area contributed by atoms with E-state index in [1.54, 1.807) is 0 Å². The normalized spacial score (nSPS) is 20.9. The van der Waals surface area contributed by atoms with E-state index in [4.69, 9.17) is 0 Å². The zero-order chi connectivity index (χ0) is 13.9. The Morgan fingerprint density at radius 3 is 2.37 bits per heavy atom. The van der Waals surface area contributed by atoms with Gasteiger partial charge in [-0.05, 0) is 36.9 Å². The van der Waals surface area contributed by atoms with Gasteiger partial charge in [0, 0.05) is 0 Å². The van der Waals surface area contributed by atoms with E-state index in [1.165, 1.54) is 6.42 Å². The minimum absolute atomic E-state index is 0.385. The lowest BCUT2D eigenvalue weighted by Crippen LogP contribution is -2.43. The summed E-state index contributed by atoms with van der Waals surface area (Å²) in [6, 6.07) is 9.06. The third-order valence-electron chi connectivity index (χ3n) is 4.57. The molecule has 1 aromatic carbocycles. The molecule has 0 bridgehead atoms. The Labute approximate surface area is 115 Å². The molecule has 1 N–H and O–H groups in total. The third-order valence-corrected chi connectivity index (χ3v) is 4.57. The summed E-state index contributed by atoms with van der Waals surface area (Å²) in [6.45, 7) is 6.27. The second kappa shape index (κ2) is 5.74. The van der Waals surface area contributed by atoms with Crippen LogP contribution in [0.15, 0.2) is 30.3 Å². The van der Waals surface area contributed by atoms with Gasteiger partial charge in [0.25, 0.3) is 0 Å². The zero-order valence-electron chi connectivity index (χ0n) is 11.8. The van der Waals surface area contributed by atoms with Crippen molar-refractivity contribution < 1.29 is 9.90 Å². The minimum atomic E-state index is -0.744. The van der Waals surface area contributed by atoms with Gasteiger partial charge >= 0.3 is 5.97 Å². The maximum atomic E-state index is 11.6. The molecule has 3 nitrogen and oxygen atoms in total. The van der Waals surface area contributed by atoms with Crippen molar-refractivity contribution in [3.63, 3.8) is 0 Å². The molecule has 0 aromatic heterocycles. The summed E-state index contributed by atoms with van der Waals surface area (Å²) in [7, 11) is 0. The predicted molar refractivity (Wildman–Crippen MR) is 76.0 cm³/mol. The molecular weight excluding hydrogens is 238 g/mol. The monoisotopic (exact) mass is 261 g/mol. The summed E-state index contributed by atoms with van der Waals surface area (Å²) in [5, 5.41) is 9.52. The van der Waals surface area contributed by atoms with Crippen molar-refractivity contribution in [2.45, 2.75) is 39.2 Å². The highest BCUT2D eigenvalue weighted by molar-refractivity contribution is 5.75. The summed E-state index contributed by atoms with van der Waals surface area (Å²) in [4.78, 5) is 13.7. The van der Waals surface area contributed by atoms with Crippen LogP contribution in [0.5, 0.6) is 0 Å². The van der Waals surface area contributed by atoms with Crippen molar-refractivity contribution in [3.8, 4) is 0 Å². The molecule has 0 aliphatic carbocycles. The highest BCUT2D eigenvalue weighted by Crippen LogP contribution is 2.36. The summed E-state index contributed by atoms with van der Waals surface area (Å²) in [6.07, 6.45) is 3.34. The lowest BCUT2D eigenvalue weighted by Gasteiger charge is -2.41. The minimum Gasteiger partial charge on any atom is -0.480 e. The van der Waals surface area contributed by atoms with E-state index >= 15 is 0 Å². The van der Waals surface area contributed by atoms with Gasteiger partial charge in [-0.15, -0.1) is 0 Å². The Kier molecular flexibility index (Phi) is 4.25. The van der Waals surface area contributed by atoms with Crippen molar-refractivity contribution in [2.24, 2.45) is 5.41 Å². The van der Waals surface area contributed by atoms with Crippen LogP contribution in [0.4, 0.5) is 0 Å². The Morgan fingerprint density at radius 1 is 1.32 bits per heavy atom. The Bertz CT molecular complexity index is 422. The van der Waals surface area contributed by atoms with Crippen LogP contribution in [0, 0.1) is 5.41 Å². The van der Waals surface area contributed by atoms with E-state index < -0.39 is 12.0 Å². The summed E-state index contributed by atoms with van der Waals surface area (Å²) < 4.78 is 0. The van der Waals surface area contributed by atoms with Crippen molar-refractivity contribution in [3.05, 3.63) is 35.9 Å². The number of rotatable bonds is 4. The molecule has 104 valence electrons. The van der Waals surface area contributed by atoms with Crippen LogP contribution in [0.3, 0.4) is 0 Å². The fraction of sp³-hybridized carbons (Fsp3) is 0.562. The Hall–Kier alpha value is -1.35. The second-order valence-corrected chi connectivity index (χ2v) is 5.85. The summed E-state index contributed by atoms with van der Waals surface area (Å²) in [5.74, 6) is -0.744. The first kappa shape index (κ1) is 14.1. The summed E-state index contributed by atoms with van der Waals surface area (Å²) in [5.41, 5.74) is 1.27. The molecule has 0 amide bonds. The second-order valence-electron chi connectivity index (χ2n) is 5.85. The van der Waals surface area contributed by atoms with E-state index in [1.807, 2.05) is 30.3 Å². The number of piperidine rings is 1. The molecule has 1 aliphatic heterocycles. The van der Waals surface area contributed by atoms with Gasteiger partial charge in [0.2, 0.25) is 0 Å². The fourth-order valence-electron chi connectivity index (χ4n) is 2.82. The van der Waals surface area contributed by atoms with E-state index in [-0.39, 0.29) is 0 Å². The fourth-order valence-corrected chi connectivity index (χ4v) is 2.82. The van der Waals surface area contributed by atoms with Gasteiger partial charge in [-0.1, -0.05) is 50.6 Å². The molecule has 1 aliphatic rings. The molecule has 1 atom stereocenters. The van der Waals surface area contributed by atoms with Gasteiger partial charge in [0.15, 0.2) is 0 Å². The molecule has 3 heteroatoms. The Morgan fingerprint density at radius 2 is 1.89 bits per heavy atom. The Balaban J connectivity index is 2.13. The van der Waals surface area contributed by atoms with Gasteiger partial charge < -0.3 is 5.11 Å². The number of carboxylic acid groups (broad SMARTS) is 1. The van der Waals surface area contributed by atoms with Crippen LogP contribution >= 0.6 is 0 Å². The van der Waals surface area contributed by atoms with Crippen LogP contribution in [0.2, 0.25) is 0 Å². The third kappa shape index (κ3) is 3.16. The smallest absolute Gasteiger partial charge is 0.325 e. The predicted octanol–water partition coefficient (Wildman–Crippen LogP) is 3.32. The van der Waals surface area contributed by atoms with E-state index in [0.717, 1.165) is 31.5 Å². The van der Waals surface area contributed by atoms with Gasteiger partial charge in [-0.3, -0.25) is 9.69 Å². The molecular formula is C16H23NO2. The first-order valence-electron chi connectivity index (χ1n) is 7.07. The number of likely N-dealkylation sites (tertiary alicyclic amines) is 1. The lowest BCUT2D eigenvalue weighted by atomic mass is 9.78. The van der Waals surface area contributed by atoms with E-state index in [9.17, 15) is 9.90 Å². The lowest BCUT2D eigenvalue weighted by molar-refractivity contribution is -0.144. The van der Waals surface area contributed by atoms with Crippen LogP contribution in [-0.2, 0) is 4.79 Å². The number of hydrogen-bond acceptors (Lipinski definition) is 2. The van der Waals surface area contributed by atoms with Crippen LogP contribution in [-0.4, -0.2) is 29.1 Å². The summed E-state index contributed by atoms with van der Waals surface area (Å²) >= 11 is 0. The largest absolute Gasteiger partial charge is 0.480 e. The molecule has 0 radical (unpaired) electrons. The standard InChI is InChI=1S/C16H23NO2/c1-3-16(2)9-11-17(12-10-16)14(15(18)19)13-7-5-4-6-8-13/h4-8,14H,3,9-12H2,1-2H3,(H,18,19). The number of nitrogens with zero attached hydrogens (tertiary/aromatic N) is 1. The molecule has 0 saturated carbocycles. The SMILES string of the molecule is CCC1(C)CCN(C(C(=O)O)c2ccccc2)CC1.